The molecule has 0 bridgehead atoms. The first-order valence-corrected chi connectivity index (χ1v) is 11.4. The molecule has 0 saturated carbocycles. The molecule has 1 aliphatic heterocycles. The van der Waals surface area contributed by atoms with Crippen LogP contribution in [0.3, 0.4) is 0 Å². The molecule has 2 atom stereocenters. The summed E-state index contributed by atoms with van der Waals surface area (Å²) in [5, 5.41) is 8.50. The number of nitrogens with one attached hydrogen (secondary N) is 3. The Morgan fingerprint density at radius 1 is 1.23 bits per heavy atom. The Morgan fingerprint density at radius 3 is 2.73 bits per heavy atom. The Hall–Kier alpha value is -2.35. The summed E-state index contributed by atoms with van der Waals surface area (Å²) in [5.41, 5.74) is 1.71. The van der Waals surface area contributed by atoms with Crippen LogP contribution in [-0.4, -0.2) is 40.7 Å². The van der Waals surface area contributed by atoms with Crippen molar-refractivity contribution in [2.75, 3.05) is 11.1 Å². The molecule has 0 unspecified atom stereocenters. The van der Waals surface area contributed by atoms with Crippen LogP contribution in [0.5, 0.6) is 0 Å². The summed E-state index contributed by atoms with van der Waals surface area (Å²) in [7, 11) is 0. The molecule has 3 N–H and O–H groups in total. The molecule has 7 nitrogen and oxygen atoms in total. The van der Waals surface area contributed by atoms with Crippen molar-refractivity contribution in [1.82, 2.24) is 10.6 Å². The molecular weight excluding hydrogens is 402 g/mol. The minimum Gasteiger partial charge on any atom is -0.344 e. The van der Waals surface area contributed by atoms with Gasteiger partial charge in [0.15, 0.2) is 5.12 Å². The van der Waals surface area contributed by atoms with Gasteiger partial charge in [-0.1, -0.05) is 36.7 Å². The highest BCUT2D eigenvalue weighted by Gasteiger charge is 2.28. The van der Waals surface area contributed by atoms with E-state index in [0.717, 1.165) is 30.6 Å². The SMILES string of the molecule is CC(=O)SCCCCC[C@H](NC(=O)[C@@H]1CCCC(=O)N1)C(=O)Nc1cccc(C)c1. The Labute approximate surface area is 182 Å². The summed E-state index contributed by atoms with van der Waals surface area (Å²) in [6.07, 6.45) is 4.66. The van der Waals surface area contributed by atoms with Crippen LogP contribution in [-0.2, 0) is 19.2 Å². The van der Waals surface area contributed by atoms with E-state index in [2.05, 4.69) is 16.0 Å². The molecule has 1 aromatic carbocycles. The maximum Gasteiger partial charge on any atom is 0.246 e. The van der Waals surface area contributed by atoms with Gasteiger partial charge >= 0.3 is 0 Å². The highest BCUT2D eigenvalue weighted by atomic mass is 32.2. The topological polar surface area (TPSA) is 104 Å². The second-order valence-corrected chi connectivity index (χ2v) is 8.89. The minimum atomic E-state index is -0.683. The maximum atomic E-state index is 12.9. The average Bonchev–Trinajstić information content (AvgIpc) is 2.69. The zero-order valence-corrected chi connectivity index (χ0v) is 18.5. The first-order valence-electron chi connectivity index (χ1n) is 10.5. The Morgan fingerprint density at radius 2 is 2.03 bits per heavy atom. The molecule has 3 amide bonds. The maximum absolute atomic E-state index is 12.9. The van der Waals surface area contributed by atoms with Gasteiger partial charge in [0.2, 0.25) is 17.7 Å². The number of benzene rings is 1. The summed E-state index contributed by atoms with van der Waals surface area (Å²) < 4.78 is 0. The Kier molecular flexibility index (Phi) is 9.86. The lowest BCUT2D eigenvalue weighted by Gasteiger charge is -2.25. The zero-order chi connectivity index (χ0) is 21.9. The van der Waals surface area contributed by atoms with Crippen molar-refractivity contribution >= 4 is 40.3 Å². The van der Waals surface area contributed by atoms with Gasteiger partial charge in [0, 0.05) is 24.8 Å². The highest BCUT2D eigenvalue weighted by molar-refractivity contribution is 8.13. The van der Waals surface area contributed by atoms with E-state index < -0.39 is 12.1 Å². The van der Waals surface area contributed by atoms with Crippen LogP contribution in [0.1, 0.15) is 57.4 Å². The summed E-state index contributed by atoms with van der Waals surface area (Å²) in [6.45, 7) is 3.50. The second kappa shape index (κ2) is 12.4. The van der Waals surface area contributed by atoms with Crippen molar-refractivity contribution in [1.29, 1.82) is 0 Å². The van der Waals surface area contributed by atoms with Gasteiger partial charge in [-0.25, -0.2) is 0 Å². The first-order chi connectivity index (χ1) is 14.3. The molecule has 8 heteroatoms. The third-order valence-electron chi connectivity index (χ3n) is 4.91. The third-order valence-corrected chi connectivity index (χ3v) is 5.81. The summed E-state index contributed by atoms with van der Waals surface area (Å²) >= 11 is 1.30. The van der Waals surface area contributed by atoms with Crippen LogP contribution in [0.25, 0.3) is 0 Å². The lowest BCUT2D eigenvalue weighted by Crippen LogP contribution is -2.53. The summed E-state index contributed by atoms with van der Waals surface area (Å²) in [5.74, 6) is 0.0366. The molecule has 0 aliphatic carbocycles. The van der Waals surface area contributed by atoms with E-state index >= 15 is 0 Å². The fourth-order valence-corrected chi connectivity index (χ4v) is 3.97. The fourth-order valence-electron chi connectivity index (χ4n) is 3.34. The smallest absolute Gasteiger partial charge is 0.246 e. The van der Waals surface area contributed by atoms with E-state index in [1.807, 2.05) is 31.2 Å². The van der Waals surface area contributed by atoms with Gasteiger partial charge in [0.25, 0.3) is 0 Å². The number of thioether (sulfide) groups is 1. The summed E-state index contributed by atoms with van der Waals surface area (Å²) in [4.78, 5) is 48.1. The predicted octanol–water partition coefficient (Wildman–Crippen LogP) is 2.93. The van der Waals surface area contributed by atoms with E-state index in [0.29, 0.717) is 31.4 Å². The lowest BCUT2D eigenvalue weighted by molar-refractivity contribution is -0.132. The van der Waals surface area contributed by atoms with Crippen LogP contribution >= 0.6 is 11.8 Å². The van der Waals surface area contributed by atoms with E-state index in [1.54, 1.807) is 6.92 Å². The monoisotopic (exact) mass is 433 g/mol. The molecule has 0 aromatic heterocycles. The molecule has 1 heterocycles. The first kappa shape index (κ1) is 23.9. The Bertz CT molecular complexity index is 769. The van der Waals surface area contributed by atoms with Gasteiger partial charge in [0.05, 0.1) is 0 Å². The van der Waals surface area contributed by atoms with Crippen molar-refractivity contribution < 1.29 is 19.2 Å². The van der Waals surface area contributed by atoms with E-state index in [4.69, 9.17) is 0 Å². The minimum absolute atomic E-state index is 0.104. The zero-order valence-electron chi connectivity index (χ0n) is 17.7. The molecule has 0 radical (unpaired) electrons. The van der Waals surface area contributed by atoms with Gasteiger partial charge in [-0.2, -0.15) is 0 Å². The normalized spacial score (nSPS) is 17.0. The predicted molar refractivity (Wildman–Crippen MR) is 119 cm³/mol. The molecule has 30 heavy (non-hydrogen) atoms. The number of hydrogen-bond acceptors (Lipinski definition) is 5. The van der Waals surface area contributed by atoms with Crippen molar-refractivity contribution in [2.45, 2.75) is 70.9 Å². The number of rotatable bonds is 10. The van der Waals surface area contributed by atoms with Crippen LogP contribution in [0.15, 0.2) is 24.3 Å². The van der Waals surface area contributed by atoms with E-state index in [-0.39, 0.29) is 22.8 Å². The van der Waals surface area contributed by atoms with Crippen molar-refractivity contribution in [3.8, 4) is 0 Å². The van der Waals surface area contributed by atoms with E-state index in [9.17, 15) is 19.2 Å². The molecule has 1 aromatic rings. The van der Waals surface area contributed by atoms with Crippen molar-refractivity contribution in [3.05, 3.63) is 29.8 Å². The van der Waals surface area contributed by atoms with Crippen LogP contribution in [0.4, 0.5) is 5.69 Å². The van der Waals surface area contributed by atoms with Crippen molar-refractivity contribution in [2.24, 2.45) is 0 Å². The lowest BCUT2D eigenvalue weighted by atomic mass is 10.0. The number of piperidine rings is 1. The molecule has 164 valence electrons. The van der Waals surface area contributed by atoms with Crippen molar-refractivity contribution in [3.63, 3.8) is 0 Å². The summed E-state index contributed by atoms with van der Waals surface area (Å²) in [6, 6.07) is 6.22. The molecular formula is C22H31N3O4S. The number of anilines is 1. The van der Waals surface area contributed by atoms with Gasteiger partial charge in [-0.05, 0) is 50.3 Å². The molecule has 1 fully saturated rings. The number of unbranched alkanes of at least 4 members (excludes halogenated alkanes) is 2. The van der Waals surface area contributed by atoms with Gasteiger partial charge in [0.1, 0.15) is 12.1 Å². The number of carbonyl (C=O) groups excluding carboxylic acids is 4. The Balaban J connectivity index is 1.94. The van der Waals surface area contributed by atoms with Gasteiger partial charge < -0.3 is 16.0 Å². The standard InChI is InChI=1S/C22H31N3O4S/c1-15-8-6-9-17(14-15)23-21(28)19(10-4-3-5-13-30-16(2)26)25-22(29)18-11-7-12-20(27)24-18/h6,8-9,14,18-19H,3-5,7,10-13H2,1-2H3,(H,23,28)(H,24,27)(H,25,29)/t18-,19-/m0/s1. The average molecular weight is 434 g/mol. The largest absolute Gasteiger partial charge is 0.344 e. The fraction of sp³-hybridized carbons (Fsp3) is 0.545. The molecule has 1 saturated heterocycles. The number of amides is 3. The van der Waals surface area contributed by atoms with Crippen LogP contribution < -0.4 is 16.0 Å². The van der Waals surface area contributed by atoms with Gasteiger partial charge in [-0.15, -0.1) is 0 Å². The highest BCUT2D eigenvalue weighted by Crippen LogP contribution is 2.14. The second-order valence-electron chi connectivity index (χ2n) is 7.62. The van der Waals surface area contributed by atoms with E-state index in [1.165, 1.54) is 11.8 Å². The molecule has 2 rings (SSSR count). The van der Waals surface area contributed by atoms with Crippen LogP contribution in [0.2, 0.25) is 0 Å². The molecule has 0 spiro atoms. The quantitative estimate of drug-likeness (QED) is 0.492. The van der Waals surface area contributed by atoms with Crippen LogP contribution in [0, 0.1) is 6.92 Å². The number of aryl methyl sites for hydroxylation is 1. The third kappa shape index (κ3) is 8.57. The number of hydrogen-bond donors (Lipinski definition) is 3. The number of carbonyl (C=O) groups is 4. The molecule has 1 aliphatic rings. The van der Waals surface area contributed by atoms with Gasteiger partial charge in [-0.3, -0.25) is 19.2 Å².